The van der Waals surface area contributed by atoms with Gasteiger partial charge in [0.2, 0.25) is 11.8 Å². The number of piperazine rings is 1. The van der Waals surface area contributed by atoms with Gasteiger partial charge in [0.05, 0.1) is 0 Å². The minimum absolute atomic E-state index is 0.0481. The van der Waals surface area contributed by atoms with Crippen LogP contribution in [0.25, 0.3) is 0 Å². The summed E-state index contributed by atoms with van der Waals surface area (Å²) in [5, 5.41) is 2.76. The van der Waals surface area contributed by atoms with Gasteiger partial charge in [-0.15, -0.1) is 11.8 Å². The minimum Gasteiger partial charge on any atom is -0.353 e. The van der Waals surface area contributed by atoms with Gasteiger partial charge in [0, 0.05) is 34.6 Å². The van der Waals surface area contributed by atoms with Crippen LogP contribution in [0.1, 0.15) is 13.3 Å². The number of nitrogens with one attached hydrogen (secondary N) is 1. The Morgan fingerprint density at radius 2 is 2.25 bits per heavy atom. The molecule has 20 heavy (non-hydrogen) atoms. The smallest absolute Gasteiger partial charge is 0.242 e. The molecule has 0 spiro atoms. The van der Waals surface area contributed by atoms with Crippen LogP contribution in [0, 0.1) is 0 Å². The summed E-state index contributed by atoms with van der Waals surface area (Å²) in [7, 11) is 0. The van der Waals surface area contributed by atoms with E-state index >= 15 is 0 Å². The lowest BCUT2D eigenvalue weighted by atomic mass is 10.2. The maximum Gasteiger partial charge on any atom is 0.242 e. The van der Waals surface area contributed by atoms with E-state index in [1.54, 1.807) is 23.6 Å². The van der Waals surface area contributed by atoms with Crippen molar-refractivity contribution in [2.45, 2.75) is 24.3 Å². The quantitative estimate of drug-likeness (QED) is 0.842. The van der Waals surface area contributed by atoms with Crippen LogP contribution in [-0.2, 0) is 9.59 Å². The van der Waals surface area contributed by atoms with Crippen LogP contribution in [0.15, 0.2) is 33.6 Å². The van der Waals surface area contributed by atoms with Crippen LogP contribution in [0.3, 0.4) is 0 Å². The third-order valence-electron chi connectivity index (χ3n) is 3.23. The Morgan fingerprint density at radius 3 is 3.00 bits per heavy atom. The highest BCUT2D eigenvalue weighted by Gasteiger charge is 2.28. The number of thioether (sulfide) groups is 1. The summed E-state index contributed by atoms with van der Waals surface area (Å²) in [6, 6.07) is 7.60. The Balaban J connectivity index is 1.83. The van der Waals surface area contributed by atoms with Gasteiger partial charge in [-0.1, -0.05) is 12.1 Å². The van der Waals surface area contributed by atoms with Crippen LogP contribution in [0.2, 0.25) is 0 Å². The molecule has 2 amide bonds. The summed E-state index contributed by atoms with van der Waals surface area (Å²) >= 11 is 5.13. The summed E-state index contributed by atoms with van der Waals surface area (Å²) in [6.07, 6.45) is 0.448. The van der Waals surface area contributed by atoms with Crippen molar-refractivity contribution in [3.8, 4) is 0 Å². The highest BCUT2D eigenvalue weighted by Crippen LogP contribution is 2.27. The molecule has 1 saturated heterocycles. The molecule has 1 heterocycles. The van der Waals surface area contributed by atoms with Crippen LogP contribution >= 0.6 is 27.7 Å². The first-order valence-electron chi connectivity index (χ1n) is 6.54. The number of halogens is 1. The molecule has 0 radical (unpaired) electrons. The molecule has 1 fully saturated rings. The fraction of sp³-hybridized carbons (Fsp3) is 0.429. The number of carbonyl (C=O) groups is 2. The molecule has 1 aliphatic rings. The Labute approximate surface area is 131 Å². The van der Waals surface area contributed by atoms with Crippen LogP contribution in [0.4, 0.5) is 0 Å². The van der Waals surface area contributed by atoms with Gasteiger partial charge in [0.1, 0.15) is 6.04 Å². The monoisotopic (exact) mass is 356 g/mol. The molecule has 4 nitrogen and oxygen atoms in total. The van der Waals surface area contributed by atoms with Gasteiger partial charge < -0.3 is 10.2 Å². The van der Waals surface area contributed by atoms with Crippen molar-refractivity contribution in [2.75, 3.05) is 18.8 Å². The molecule has 0 aliphatic carbocycles. The molecule has 1 aromatic carbocycles. The second-order valence-electron chi connectivity index (χ2n) is 4.58. The van der Waals surface area contributed by atoms with E-state index in [-0.39, 0.29) is 17.9 Å². The molecule has 0 unspecified atom stereocenters. The topological polar surface area (TPSA) is 49.4 Å². The lowest BCUT2D eigenvalue weighted by molar-refractivity contribution is -0.142. The average Bonchev–Trinajstić information content (AvgIpc) is 2.44. The minimum atomic E-state index is -0.357. The van der Waals surface area contributed by atoms with E-state index in [4.69, 9.17) is 0 Å². The summed E-state index contributed by atoms with van der Waals surface area (Å²) < 4.78 is 1.04. The van der Waals surface area contributed by atoms with Gasteiger partial charge in [-0.3, -0.25) is 9.59 Å². The zero-order valence-corrected chi connectivity index (χ0v) is 13.7. The predicted octanol–water partition coefficient (Wildman–Crippen LogP) is 2.28. The van der Waals surface area contributed by atoms with E-state index in [0.29, 0.717) is 25.3 Å². The molecule has 108 valence electrons. The van der Waals surface area contributed by atoms with Gasteiger partial charge in [0.25, 0.3) is 0 Å². The van der Waals surface area contributed by atoms with Gasteiger partial charge in [0.15, 0.2) is 0 Å². The van der Waals surface area contributed by atoms with Crippen molar-refractivity contribution < 1.29 is 9.59 Å². The Hall–Kier alpha value is -1.01. The number of hydrogen-bond donors (Lipinski definition) is 1. The van der Waals surface area contributed by atoms with E-state index in [1.165, 1.54) is 0 Å². The molecule has 1 aromatic rings. The second-order valence-corrected chi connectivity index (χ2v) is 6.57. The predicted molar refractivity (Wildman–Crippen MR) is 83.7 cm³/mol. The molecule has 1 aliphatic heterocycles. The summed E-state index contributed by atoms with van der Waals surface area (Å²) in [6.45, 7) is 2.92. The maximum atomic E-state index is 12.2. The van der Waals surface area contributed by atoms with Crippen molar-refractivity contribution in [1.29, 1.82) is 0 Å². The van der Waals surface area contributed by atoms with Crippen molar-refractivity contribution in [3.05, 3.63) is 28.7 Å². The Bertz CT molecular complexity index is 510. The van der Waals surface area contributed by atoms with Crippen molar-refractivity contribution >= 4 is 39.5 Å². The molecule has 0 saturated carbocycles. The highest BCUT2D eigenvalue weighted by molar-refractivity contribution is 9.10. The third-order valence-corrected chi connectivity index (χ3v) is 5.26. The zero-order chi connectivity index (χ0) is 14.5. The summed E-state index contributed by atoms with van der Waals surface area (Å²) in [4.78, 5) is 26.5. The molecule has 0 aromatic heterocycles. The Kier molecular flexibility index (Phi) is 5.48. The first-order valence-corrected chi connectivity index (χ1v) is 8.32. The first kappa shape index (κ1) is 15.4. The van der Waals surface area contributed by atoms with Gasteiger partial charge in [-0.05, 0) is 35.0 Å². The second kappa shape index (κ2) is 7.13. The standard InChI is InChI=1S/C14H17BrN2O2S/c1-10-14(19)16-7-8-17(10)13(18)6-9-20-12-5-3-2-4-11(12)15/h2-5,10H,6-9H2,1H3,(H,16,19)/t10-/m1/s1. The molecule has 2 rings (SSSR count). The molecule has 1 atom stereocenters. The molecular weight excluding hydrogens is 340 g/mol. The fourth-order valence-corrected chi connectivity index (χ4v) is 3.58. The molecule has 6 heteroatoms. The number of carbonyl (C=O) groups excluding carboxylic acids is 2. The normalized spacial score (nSPS) is 18.8. The lowest BCUT2D eigenvalue weighted by Crippen LogP contribution is -2.55. The van der Waals surface area contributed by atoms with Crippen molar-refractivity contribution in [3.63, 3.8) is 0 Å². The number of nitrogens with zero attached hydrogens (tertiary/aromatic N) is 1. The van der Waals surface area contributed by atoms with Crippen LogP contribution < -0.4 is 5.32 Å². The van der Waals surface area contributed by atoms with E-state index in [0.717, 1.165) is 9.37 Å². The molecular formula is C14H17BrN2O2S. The van der Waals surface area contributed by atoms with E-state index in [2.05, 4.69) is 21.2 Å². The van der Waals surface area contributed by atoms with E-state index < -0.39 is 0 Å². The largest absolute Gasteiger partial charge is 0.353 e. The number of rotatable bonds is 4. The number of benzene rings is 1. The number of hydrogen-bond acceptors (Lipinski definition) is 3. The van der Waals surface area contributed by atoms with Crippen molar-refractivity contribution in [2.24, 2.45) is 0 Å². The van der Waals surface area contributed by atoms with E-state index in [1.807, 2.05) is 24.3 Å². The van der Waals surface area contributed by atoms with Gasteiger partial charge in [-0.25, -0.2) is 0 Å². The molecule has 1 N–H and O–H groups in total. The SMILES string of the molecule is C[C@@H]1C(=O)NCCN1C(=O)CCSc1ccccc1Br. The van der Waals surface area contributed by atoms with E-state index in [9.17, 15) is 9.59 Å². The average molecular weight is 357 g/mol. The third kappa shape index (κ3) is 3.76. The first-order chi connectivity index (χ1) is 9.59. The Morgan fingerprint density at radius 1 is 1.50 bits per heavy atom. The zero-order valence-electron chi connectivity index (χ0n) is 11.3. The van der Waals surface area contributed by atoms with Crippen LogP contribution in [0.5, 0.6) is 0 Å². The maximum absolute atomic E-state index is 12.2. The van der Waals surface area contributed by atoms with Gasteiger partial charge >= 0.3 is 0 Å². The van der Waals surface area contributed by atoms with Crippen molar-refractivity contribution in [1.82, 2.24) is 10.2 Å². The summed E-state index contributed by atoms with van der Waals surface area (Å²) in [5.74, 6) is 0.696. The summed E-state index contributed by atoms with van der Waals surface area (Å²) in [5.41, 5.74) is 0. The fourth-order valence-electron chi connectivity index (χ4n) is 2.08. The number of amides is 2. The lowest BCUT2D eigenvalue weighted by Gasteiger charge is -2.32. The van der Waals surface area contributed by atoms with Gasteiger partial charge in [-0.2, -0.15) is 0 Å². The highest BCUT2D eigenvalue weighted by atomic mass is 79.9. The van der Waals surface area contributed by atoms with Crippen LogP contribution in [-0.4, -0.2) is 41.6 Å². The molecule has 0 bridgehead atoms.